The van der Waals surface area contributed by atoms with Gasteiger partial charge in [0.15, 0.2) is 4.96 Å². The lowest BCUT2D eigenvalue weighted by molar-refractivity contribution is 0.0525. The quantitative estimate of drug-likeness (QED) is 0.851. The van der Waals surface area contributed by atoms with Gasteiger partial charge >= 0.3 is 0 Å². The van der Waals surface area contributed by atoms with Crippen molar-refractivity contribution in [3.8, 4) is 0 Å². The van der Waals surface area contributed by atoms with Crippen LogP contribution in [0.1, 0.15) is 12.1 Å². The molecule has 1 N–H and O–H groups in total. The van der Waals surface area contributed by atoms with Crippen molar-refractivity contribution < 1.29 is 4.74 Å². The lowest BCUT2D eigenvalue weighted by atomic mass is 10.3. The minimum atomic E-state index is 0.365. The van der Waals surface area contributed by atoms with Gasteiger partial charge < -0.3 is 10.1 Å². The van der Waals surface area contributed by atoms with Crippen LogP contribution >= 0.6 is 11.3 Å². The molecule has 4 nitrogen and oxygen atoms in total. The Balaban J connectivity index is 1.64. The van der Waals surface area contributed by atoms with Crippen molar-refractivity contribution >= 4 is 16.3 Å². The Morgan fingerprint density at radius 1 is 1.67 bits per heavy atom. The molecular formula is C10H13N3OS. The fourth-order valence-electron chi connectivity index (χ4n) is 1.82. The number of hydrogen-bond acceptors (Lipinski definition) is 4. The standard InChI is InChI=1S/C10H13N3OS/c1-2-11-5-9(1)14-7-8-6-13-3-4-15-10(13)12-8/h3-4,6,9,11H,1-2,5,7H2. The second-order valence-electron chi connectivity index (χ2n) is 3.75. The largest absolute Gasteiger partial charge is 0.370 e. The molecule has 5 heteroatoms. The molecule has 0 amide bonds. The van der Waals surface area contributed by atoms with Gasteiger partial charge in [-0.1, -0.05) is 0 Å². The average molecular weight is 223 g/mol. The van der Waals surface area contributed by atoms with Crippen LogP contribution in [0.4, 0.5) is 0 Å². The van der Waals surface area contributed by atoms with Crippen LogP contribution in [0.2, 0.25) is 0 Å². The molecule has 0 aliphatic carbocycles. The minimum Gasteiger partial charge on any atom is -0.370 e. The number of aromatic nitrogens is 2. The SMILES string of the molecule is c1cn2cc(COC3CCNC3)nc2s1. The lowest BCUT2D eigenvalue weighted by Gasteiger charge is -2.07. The van der Waals surface area contributed by atoms with Crippen molar-refractivity contribution in [3.05, 3.63) is 23.5 Å². The van der Waals surface area contributed by atoms with Gasteiger partial charge in [0.25, 0.3) is 0 Å². The third kappa shape index (κ3) is 1.90. The second-order valence-corrected chi connectivity index (χ2v) is 4.62. The second kappa shape index (κ2) is 3.92. The molecule has 3 rings (SSSR count). The first-order valence-corrected chi connectivity index (χ1v) is 6.03. The Morgan fingerprint density at radius 2 is 2.67 bits per heavy atom. The summed E-state index contributed by atoms with van der Waals surface area (Å²) in [5.41, 5.74) is 1.02. The van der Waals surface area contributed by atoms with Crippen LogP contribution in [0.3, 0.4) is 0 Å². The van der Waals surface area contributed by atoms with Crippen LogP contribution < -0.4 is 5.32 Å². The van der Waals surface area contributed by atoms with E-state index in [-0.39, 0.29) is 0 Å². The Hall–Kier alpha value is -0.910. The van der Waals surface area contributed by atoms with Crippen molar-refractivity contribution in [1.29, 1.82) is 0 Å². The molecule has 2 aromatic heterocycles. The van der Waals surface area contributed by atoms with Gasteiger partial charge in [0, 0.05) is 24.3 Å². The van der Waals surface area contributed by atoms with E-state index in [9.17, 15) is 0 Å². The maximum Gasteiger partial charge on any atom is 0.193 e. The van der Waals surface area contributed by atoms with Gasteiger partial charge in [0.05, 0.1) is 18.4 Å². The molecule has 1 atom stereocenters. The van der Waals surface area contributed by atoms with Gasteiger partial charge in [0.2, 0.25) is 0 Å². The molecule has 0 radical (unpaired) electrons. The lowest BCUT2D eigenvalue weighted by Crippen LogP contribution is -2.16. The van der Waals surface area contributed by atoms with Gasteiger partial charge in [-0.2, -0.15) is 0 Å². The van der Waals surface area contributed by atoms with Crippen LogP contribution in [0.5, 0.6) is 0 Å². The highest BCUT2D eigenvalue weighted by molar-refractivity contribution is 7.15. The molecule has 15 heavy (non-hydrogen) atoms. The summed E-state index contributed by atoms with van der Waals surface area (Å²) in [6, 6.07) is 0. The van der Waals surface area contributed by atoms with Crippen LogP contribution in [-0.4, -0.2) is 28.6 Å². The summed E-state index contributed by atoms with van der Waals surface area (Å²) in [5, 5.41) is 5.32. The molecule has 80 valence electrons. The Bertz CT molecular complexity index is 416. The molecule has 0 aromatic carbocycles. The van der Waals surface area contributed by atoms with Crippen LogP contribution in [0.25, 0.3) is 4.96 Å². The zero-order valence-electron chi connectivity index (χ0n) is 8.35. The van der Waals surface area contributed by atoms with E-state index < -0.39 is 0 Å². The van der Waals surface area contributed by atoms with E-state index in [4.69, 9.17) is 4.74 Å². The van der Waals surface area contributed by atoms with Gasteiger partial charge in [-0.3, -0.25) is 4.40 Å². The van der Waals surface area contributed by atoms with Crippen molar-refractivity contribution in [3.63, 3.8) is 0 Å². The Kier molecular flexibility index (Phi) is 2.44. The predicted molar refractivity (Wildman–Crippen MR) is 59.1 cm³/mol. The molecule has 3 heterocycles. The fraction of sp³-hybridized carbons (Fsp3) is 0.500. The first-order chi connectivity index (χ1) is 7.42. The summed E-state index contributed by atoms with van der Waals surface area (Å²) in [4.78, 5) is 5.51. The first-order valence-electron chi connectivity index (χ1n) is 5.15. The molecule has 1 saturated heterocycles. The molecule has 1 fully saturated rings. The molecule has 1 aliphatic rings. The topological polar surface area (TPSA) is 38.6 Å². The van der Waals surface area contributed by atoms with Gasteiger partial charge in [-0.15, -0.1) is 11.3 Å². The van der Waals surface area contributed by atoms with Crippen LogP contribution in [0, 0.1) is 0 Å². The summed E-state index contributed by atoms with van der Waals surface area (Å²) in [6.07, 6.45) is 5.54. The molecule has 2 aromatic rings. The maximum absolute atomic E-state index is 5.75. The van der Waals surface area contributed by atoms with Crippen LogP contribution in [0.15, 0.2) is 17.8 Å². The van der Waals surface area contributed by atoms with E-state index in [1.807, 2.05) is 22.2 Å². The number of rotatable bonds is 3. The summed E-state index contributed by atoms with van der Waals surface area (Å²) < 4.78 is 7.79. The van der Waals surface area contributed by atoms with Gasteiger partial charge in [0.1, 0.15) is 0 Å². The minimum absolute atomic E-state index is 0.365. The normalized spacial score (nSPS) is 21.5. The van der Waals surface area contributed by atoms with E-state index in [1.54, 1.807) is 11.3 Å². The molecular weight excluding hydrogens is 210 g/mol. The van der Waals surface area contributed by atoms with Crippen LogP contribution in [-0.2, 0) is 11.3 Å². The average Bonchev–Trinajstić information content (AvgIpc) is 2.91. The number of imidazole rings is 1. The van der Waals surface area contributed by atoms with Crippen molar-refractivity contribution in [2.75, 3.05) is 13.1 Å². The van der Waals surface area contributed by atoms with E-state index >= 15 is 0 Å². The molecule has 0 spiro atoms. The number of ether oxygens (including phenoxy) is 1. The zero-order chi connectivity index (χ0) is 10.1. The third-order valence-electron chi connectivity index (χ3n) is 2.63. The number of thiazole rings is 1. The predicted octanol–water partition coefficient (Wildman–Crippen LogP) is 1.27. The number of nitrogens with one attached hydrogen (secondary N) is 1. The van der Waals surface area contributed by atoms with E-state index in [2.05, 4.69) is 10.3 Å². The first kappa shape index (κ1) is 9.33. The van der Waals surface area contributed by atoms with E-state index in [1.165, 1.54) is 0 Å². The highest BCUT2D eigenvalue weighted by Crippen LogP contribution is 2.13. The summed E-state index contributed by atoms with van der Waals surface area (Å²) in [7, 11) is 0. The molecule has 1 unspecified atom stereocenters. The molecule has 0 saturated carbocycles. The number of nitrogens with zero attached hydrogens (tertiary/aromatic N) is 2. The van der Waals surface area contributed by atoms with E-state index in [0.29, 0.717) is 12.7 Å². The number of fused-ring (bicyclic) bond motifs is 1. The Morgan fingerprint density at radius 3 is 3.47 bits per heavy atom. The van der Waals surface area contributed by atoms with Crippen molar-refractivity contribution in [2.24, 2.45) is 0 Å². The van der Waals surface area contributed by atoms with Gasteiger partial charge in [-0.05, 0) is 13.0 Å². The number of hydrogen-bond donors (Lipinski definition) is 1. The highest BCUT2D eigenvalue weighted by Gasteiger charge is 2.15. The summed E-state index contributed by atoms with van der Waals surface area (Å²) >= 11 is 1.65. The monoisotopic (exact) mass is 223 g/mol. The van der Waals surface area contributed by atoms with Crippen molar-refractivity contribution in [2.45, 2.75) is 19.1 Å². The Labute approximate surface area is 91.9 Å². The fourth-order valence-corrected chi connectivity index (χ4v) is 2.54. The smallest absolute Gasteiger partial charge is 0.193 e. The summed E-state index contributed by atoms with van der Waals surface area (Å²) in [6.45, 7) is 2.67. The molecule has 1 aliphatic heterocycles. The van der Waals surface area contributed by atoms with Gasteiger partial charge in [-0.25, -0.2) is 4.98 Å². The maximum atomic E-state index is 5.75. The third-order valence-corrected chi connectivity index (χ3v) is 3.40. The highest BCUT2D eigenvalue weighted by atomic mass is 32.1. The van der Waals surface area contributed by atoms with Crippen molar-refractivity contribution in [1.82, 2.24) is 14.7 Å². The van der Waals surface area contributed by atoms with E-state index in [0.717, 1.165) is 30.2 Å². The molecule has 0 bridgehead atoms. The zero-order valence-corrected chi connectivity index (χ0v) is 9.17. The summed E-state index contributed by atoms with van der Waals surface area (Å²) in [5.74, 6) is 0.